The smallest absolute Gasteiger partial charge is 0.310 e. The van der Waals surface area contributed by atoms with Crippen molar-refractivity contribution in [3.05, 3.63) is 39.3 Å². The number of thiazole rings is 1. The maximum atomic E-state index is 11.9. The van der Waals surface area contributed by atoms with Crippen molar-refractivity contribution in [2.24, 2.45) is 0 Å². The van der Waals surface area contributed by atoms with Gasteiger partial charge in [-0.05, 0) is 28.1 Å². The van der Waals surface area contributed by atoms with Gasteiger partial charge in [0.2, 0.25) is 0 Å². The van der Waals surface area contributed by atoms with E-state index in [-0.39, 0.29) is 18.9 Å². The van der Waals surface area contributed by atoms with Crippen LogP contribution in [0, 0.1) is 0 Å². The first-order chi connectivity index (χ1) is 10.6. The van der Waals surface area contributed by atoms with Crippen molar-refractivity contribution in [1.29, 1.82) is 0 Å². The monoisotopic (exact) mass is 382 g/mol. The van der Waals surface area contributed by atoms with Crippen LogP contribution in [-0.4, -0.2) is 23.0 Å². The number of rotatable bonds is 4. The number of para-hydroxylation sites is 2. The second-order valence-electron chi connectivity index (χ2n) is 4.51. The zero-order chi connectivity index (χ0) is 15.5. The van der Waals surface area contributed by atoms with Crippen LogP contribution in [0.3, 0.4) is 0 Å². The number of esters is 1. The van der Waals surface area contributed by atoms with Gasteiger partial charge in [0.25, 0.3) is 5.91 Å². The highest BCUT2D eigenvalue weighted by molar-refractivity contribution is 9.11. The molecule has 0 fully saturated rings. The Kier molecular flexibility index (Phi) is 4.39. The summed E-state index contributed by atoms with van der Waals surface area (Å²) < 4.78 is 11.5. The zero-order valence-corrected chi connectivity index (χ0v) is 13.6. The maximum absolute atomic E-state index is 11.9. The summed E-state index contributed by atoms with van der Waals surface area (Å²) in [5, 5.41) is 3.38. The first-order valence-corrected chi connectivity index (χ1v) is 8.05. The summed E-state index contributed by atoms with van der Waals surface area (Å²) in [6.45, 7) is 0.0834. The molecule has 1 aromatic heterocycles. The molecule has 114 valence electrons. The molecule has 1 aromatic carbocycles. The summed E-state index contributed by atoms with van der Waals surface area (Å²) in [7, 11) is 0. The van der Waals surface area contributed by atoms with E-state index in [2.05, 4.69) is 26.2 Å². The van der Waals surface area contributed by atoms with Gasteiger partial charge in [-0.1, -0.05) is 12.1 Å². The van der Waals surface area contributed by atoms with E-state index in [0.717, 1.165) is 3.79 Å². The zero-order valence-electron chi connectivity index (χ0n) is 11.2. The number of ether oxygens (including phenoxy) is 2. The highest BCUT2D eigenvalue weighted by atomic mass is 79.9. The van der Waals surface area contributed by atoms with Crippen molar-refractivity contribution in [1.82, 2.24) is 4.98 Å². The molecule has 2 aromatic rings. The second kappa shape index (κ2) is 6.45. The molecule has 1 unspecified atom stereocenters. The van der Waals surface area contributed by atoms with E-state index in [1.807, 2.05) is 0 Å². The molecule has 8 heteroatoms. The summed E-state index contributed by atoms with van der Waals surface area (Å²) in [5.74, 6) is -0.317. The fourth-order valence-corrected chi connectivity index (χ4v) is 3.15. The molecule has 0 radical (unpaired) electrons. The predicted molar refractivity (Wildman–Crippen MR) is 83.7 cm³/mol. The van der Waals surface area contributed by atoms with Crippen molar-refractivity contribution in [2.75, 3.05) is 5.32 Å². The molecule has 1 amide bonds. The molecule has 22 heavy (non-hydrogen) atoms. The number of amides is 1. The lowest BCUT2D eigenvalue weighted by Crippen LogP contribution is -2.38. The molecule has 0 saturated heterocycles. The van der Waals surface area contributed by atoms with Gasteiger partial charge in [0.1, 0.15) is 17.4 Å². The molecule has 1 aliphatic rings. The average molecular weight is 383 g/mol. The summed E-state index contributed by atoms with van der Waals surface area (Å²) in [6, 6.07) is 7.07. The molecule has 1 atom stereocenters. The SMILES string of the molecule is O=C(CC1Oc2ccccc2NC1=O)OCc1ncc(Br)s1. The highest BCUT2D eigenvalue weighted by Gasteiger charge is 2.30. The molecular weight excluding hydrogens is 372 g/mol. The summed E-state index contributed by atoms with van der Waals surface area (Å²) in [4.78, 5) is 27.8. The molecule has 0 saturated carbocycles. The Bertz CT molecular complexity index is 718. The number of benzene rings is 1. The lowest BCUT2D eigenvalue weighted by molar-refractivity contribution is -0.149. The van der Waals surface area contributed by atoms with Gasteiger partial charge in [0, 0.05) is 0 Å². The predicted octanol–water partition coefficient (Wildman–Crippen LogP) is 2.74. The maximum Gasteiger partial charge on any atom is 0.310 e. The van der Waals surface area contributed by atoms with Crippen LogP contribution in [0.25, 0.3) is 0 Å². The third-order valence-electron chi connectivity index (χ3n) is 2.94. The fourth-order valence-electron chi connectivity index (χ4n) is 1.93. The van der Waals surface area contributed by atoms with Crippen LogP contribution in [0.2, 0.25) is 0 Å². The minimum Gasteiger partial charge on any atom is -0.478 e. The van der Waals surface area contributed by atoms with Gasteiger partial charge in [0.15, 0.2) is 6.10 Å². The largest absolute Gasteiger partial charge is 0.478 e. The van der Waals surface area contributed by atoms with Crippen LogP contribution < -0.4 is 10.1 Å². The topological polar surface area (TPSA) is 77.5 Å². The van der Waals surface area contributed by atoms with Crippen molar-refractivity contribution >= 4 is 44.8 Å². The number of nitrogens with one attached hydrogen (secondary N) is 1. The van der Waals surface area contributed by atoms with Crippen LogP contribution in [0.1, 0.15) is 11.4 Å². The Morgan fingerprint density at radius 2 is 2.27 bits per heavy atom. The first-order valence-electron chi connectivity index (χ1n) is 6.44. The van der Waals surface area contributed by atoms with E-state index in [1.165, 1.54) is 11.3 Å². The molecule has 0 aliphatic carbocycles. The number of hydrogen-bond donors (Lipinski definition) is 1. The number of carbonyl (C=O) groups excluding carboxylic acids is 2. The molecule has 0 spiro atoms. The van der Waals surface area contributed by atoms with Gasteiger partial charge in [-0.3, -0.25) is 9.59 Å². The van der Waals surface area contributed by atoms with E-state index in [9.17, 15) is 9.59 Å². The van der Waals surface area contributed by atoms with E-state index < -0.39 is 12.1 Å². The van der Waals surface area contributed by atoms with Crippen molar-refractivity contribution in [2.45, 2.75) is 19.1 Å². The molecule has 2 heterocycles. The Morgan fingerprint density at radius 3 is 3.05 bits per heavy atom. The van der Waals surface area contributed by atoms with Crippen LogP contribution in [-0.2, 0) is 20.9 Å². The molecule has 1 aliphatic heterocycles. The van der Waals surface area contributed by atoms with Gasteiger partial charge >= 0.3 is 5.97 Å². The standard InChI is InChI=1S/C14H11BrN2O4S/c15-11-6-16-12(22-11)7-20-13(18)5-10-14(19)17-8-3-1-2-4-9(8)21-10/h1-4,6,10H,5,7H2,(H,17,19). The molecular formula is C14H11BrN2O4S. The lowest BCUT2D eigenvalue weighted by Gasteiger charge is -2.25. The fraction of sp³-hybridized carbons (Fsp3) is 0.214. The molecule has 3 rings (SSSR count). The highest BCUT2D eigenvalue weighted by Crippen LogP contribution is 2.29. The third kappa shape index (κ3) is 3.45. The lowest BCUT2D eigenvalue weighted by atomic mass is 10.1. The summed E-state index contributed by atoms with van der Waals surface area (Å²) >= 11 is 4.67. The first kappa shape index (κ1) is 15.0. The van der Waals surface area contributed by atoms with Gasteiger partial charge in [-0.15, -0.1) is 11.3 Å². The average Bonchev–Trinajstić information content (AvgIpc) is 2.91. The van der Waals surface area contributed by atoms with Gasteiger partial charge in [0.05, 0.1) is 22.1 Å². The van der Waals surface area contributed by atoms with E-state index in [4.69, 9.17) is 9.47 Å². The number of carbonyl (C=O) groups is 2. The van der Waals surface area contributed by atoms with Gasteiger partial charge in [-0.25, -0.2) is 4.98 Å². The van der Waals surface area contributed by atoms with Crippen LogP contribution >= 0.6 is 27.3 Å². The number of fused-ring (bicyclic) bond motifs is 1. The number of anilines is 1. The number of hydrogen-bond acceptors (Lipinski definition) is 6. The summed E-state index contributed by atoms with van der Waals surface area (Å²) in [6.07, 6.45) is 0.611. The number of aromatic nitrogens is 1. The van der Waals surface area contributed by atoms with E-state index in [1.54, 1.807) is 30.5 Å². The quantitative estimate of drug-likeness (QED) is 0.822. The number of halogens is 1. The van der Waals surface area contributed by atoms with Crippen molar-refractivity contribution < 1.29 is 19.1 Å². The molecule has 0 bridgehead atoms. The van der Waals surface area contributed by atoms with Gasteiger partial charge in [-0.2, -0.15) is 0 Å². The Morgan fingerprint density at radius 1 is 1.45 bits per heavy atom. The second-order valence-corrected chi connectivity index (χ2v) is 7.01. The Balaban J connectivity index is 1.56. The van der Waals surface area contributed by atoms with Crippen molar-refractivity contribution in [3.8, 4) is 5.75 Å². The summed E-state index contributed by atoms with van der Waals surface area (Å²) in [5.41, 5.74) is 0.602. The van der Waals surface area contributed by atoms with E-state index in [0.29, 0.717) is 16.4 Å². The normalized spacial score (nSPS) is 16.4. The van der Waals surface area contributed by atoms with Crippen LogP contribution in [0.5, 0.6) is 5.75 Å². The minimum absolute atomic E-state index is 0.0834. The Labute approximate surface area is 138 Å². The van der Waals surface area contributed by atoms with Crippen LogP contribution in [0.15, 0.2) is 34.2 Å². The molecule has 1 N–H and O–H groups in total. The van der Waals surface area contributed by atoms with Crippen LogP contribution in [0.4, 0.5) is 5.69 Å². The minimum atomic E-state index is -0.884. The third-order valence-corrected chi connectivity index (χ3v) is 4.39. The van der Waals surface area contributed by atoms with E-state index >= 15 is 0 Å². The number of nitrogens with zero attached hydrogens (tertiary/aromatic N) is 1. The van der Waals surface area contributed by atoms with Gasteiger partial charge < -0.3 is 14.8 Å². The Hall–Kier alpha value is -1.93. The molecule has 6 nitrogen and oxygen atoms in total. The van der Waals surface area contributed by atoms with Crippen molar-refractivity contribution in [3.63, 3.8) is 0 Å².